The number of carbonyl (C=O) groups excluding carboxylic acids is 6. The zero-order valence-corrected chi connectivity index (χ0v) is 42.3. The van der Waals surface area contributed by atoms with E-state index in [9.17, 15) is 28.8 Å². The number of nitrogens with one attached hydrogen (secondary N) is 2. The van der Waals surface area contributed by atoms with E-state index in [2.05, 4.69) is 35.4 Å². The van der Waals surface area contributed by atoms with Gasteiger partial charge in [0, 0.05) is 77.1 Å². The van der Waals surface area contributed by atoms with Crippen molar-refractivity contribution in [2.24, 2.45) is 0 Å². The van der Waals surface area contributed by atoms with Crippen molar-refractivity contribution in [3.05, 3.63) is 141 Å². The molecule has 0 saturated carbocycles. The standard InChI is InChI=1S/C58H62N4O9S/c1-35-23-47-38(13-15-43-27-40-9-5-7-11-49(40)61(43)56(47)67)29-51(35)70-33-36-24-37(26-42(25-36)60-55(66)20-18-46(64)32-59-54(65)19-17-45(63)21-22-58(2,3)72)34-71-53-30-39-14-16-44-28-41-10-6-8-12-50(41)62(44)57(68)48(39)31-52(53)69-4/h5-12,23-26,29-31,43-44,72H,13-22,27-28,32-34H2,1-4H3,(H,59,65)(H,60,66)/t43-,44-/m1/s1. The number of rotatable bonds is 19. The molecule has 0 saturated heterocycles. The Morgan fingerprint density at radius 2 is 1.18 bits per heavy atom. The van der Waals surface area contributed by atoms with Gasteiger partial charge in [-0.1, -0.05) is 50.2 Å². The molecule has 0 fully saturated rings. The van der Waals surface area contributed by atoms with Crippen LogP contribution in [0.2, 0.25) is 0 Å². The highest BCUT2D eigenvalue weighted by molar-refractivity contribution is 7.81. The van der Waals surface area contributed by atoms with Gasteiger partial charge in [0.1, 0.15) is 24.7 Å². The molecule has 4 amide bonds. The lowest BCUT2D eigenvalue weighted by molar-refractivity contribution is -0.127. The molecule has 72 heavy (non-hydrogen) atoms. The lowest BCUT2D eigenvalue weighted by Crippen LogP contribution is -2.36. The Morgan fingerprint density at radius 3 is 1.78 bits per heavy atom. The fourth-order valence-electron chi connectivity index (χ4n) is 10.4. The van der Waals surface area contributed by atoms with Gasteiger partial charge in [-0.2, -0.15) is 12.6 Å². The van der Waals surface area contributed by atoms with E-state index in [-0.39, 0.29) is 85.7 Å². The maximum atomic E-state index is 14.1. The Morgan fingerprint density at radius 1 is 0.639 bits per heavy atom. The number of aryl methyl sites for hydroxylation is 3. The maximum absolute atomic E-state index is 14.1. The van der Waals surface area contributed by atoms with Crippen LogP contribution in [0.15, 0.2) is 91.0 Å². The van der Waals surface area contributed by atoms with E-state index >= 15 is 0 Å². The number of amides is 4. The van der Waals surface area contributed by atoms with Crippen LogP contribution in [0, 0.1) is 6.92 Å². The zero-order valence-electron chi connectivity index (χ0n) is 41.4. The van der Waals surface area contributed by atoms with Gasteiger partial charge in [0.05, 0.1) is 13.7 Å². The van der Waals surface area contributed by atoms with Crippen LogP contribution in [0.4, 0.5) is 17.1 Å². The molecule has 9 rings (SSSR count). The molecule has 0 radical (unpaired) electrons. The summed E-state index contributed by atoms with van der Waals surface area (Å²) in [5.74, 6) is 0.352. The topological polar surface area (TPSA) is 161 Å². The Labute approximate surface area is 426 Å². The number of hydrogen-bond donors (Lipinski definition) is 3. The molecule has 4 heterocycles. The van der Waals surface area contributed by atoms with Crippen LogP contribution in [0.1, 0.15) is 125 Å². The van der Waals surface area contributed by atoms with Crippen LogP contribution in [-0.2, 0) is 58.1 Å². The SMILES string of the molecule is COc1cc2c(cc1OCc1cc(COc3cc4c(cc3C)C(=O)N3c5ccccc5C[C@H]3CC4)cc(NC(=O)CCC(=O)CNC(=O)CCC(=O)CCC(C)(C)S)c1)CC[C@@H]1Cc3ccccc3N1C2=O. The average Bonchev–Trinajstić information content (AvgIpc) is 3.86. The normalized spacial score (nSPS) is 16.5. The van der Waals surface area contributed by atoms with Gasteiger partial charge in [0.15, 0.2) is 17.3 Å². The number of methoxy groups -OCH3 is 1. The predicted molar refractivity (Wildman–Crippen MR) is 280 cm³/mol. The largest absolute Gasteiger partial charge is 0.493 e. The van der Waals surface area contributed by atoms with Crippen molar-refractivity contribution in [3.8, 4) is 17.2 Å². The molecule has 13 nitrogen and oxygen atoms in total. The molecule has 374 valence electrons. The van der Waals surface area contributed by atoms with Crippen molar-refractivity contribution in [2.45, 2.75) is 128 Å². The Kier molecular flexibility index (Phi) is 14.9. The molecular weight excluding hydrogens is 929 g/mol. The van der Waals surface area contributed by atoms with Crippen molar-refractivity contribution in [1.29, 1.82) is 0 Å². The summed E-state index contributed by atoms with van der Waals surface area (Å²) in [5, 5.41) is 5.52. The number of Topliss-reactive ketones (excluding diaryl/α,β-unsaturated/α-hetero) is 2. The first-order valence-electron chi connectivity index (χ1n) is 25.0. The van der Waals surface area contributed by atoms with Gasteiger partial charge in [0.25, 0.3) is 11.8 Å². The quantitative estimate of drug-likeness (QED) is 0.0685. The third-order valence-electron chi connectivity index (χ3n) is 14.2. The molecule has 4 aliphatic heterocycles. The summed E-state index contributed by atoms with van der Waals surface area (Å²) >= 11 is 4.45. The molecule has 0 aliphatic carbocycles. The molecule has 2 N–H and O–H groups in total. The number of nitrogens with zero attached hydrogens (tertiary/aromatic N) is 2. The minimum Gasteiger partial charge on any atom is -0.493 e. The first-order valence-corrected chi connectivity index (χ1v) is 25.4. The number of hydrogen-bond acceptors (Lipinski definition) is 10. The molecular formula is C58H62N4O9S. The third kappa shape index (κ3) is 11.4. The van der Waals surface area contributed by atoms with Crippen molar-refractivity contribution >= 4 is 64.9 Å². The first kappa shape index (κ1) is 50.0. The van der Waals surface area contributed by atoms with Gasteiger partial charge in [0.2, 0.25) is 11.8 Å². The van der Waals surface area contributed by atoms with E-state index in [0.717, 1.165) is 65.7 Å². The fraction of sp³-hybridized carbons (Fsp3) is 0.379. The number of anilines is 3. The lowest BCUT2D eigenvalue weighted by atomic mass is 9.98. The van der Waals surface area contributed by atoms with Crippen molar-refractivity contribution in [2.75, 3.05) is 28.8 Å². The molecule has 0 bridgehead atoms. The minimum absolute atomic E-state index is 0.00326. The summed E-state index contributed by atoms with van der Waals surface area (Å²) in [6.45, 7) is 5.76. The Balaban J connectivity index is 0.888. The second-order valence-electron chi connectivity index (χ2n) is 20.2. The monoisotopic (exact) mass is 990 g/mol. The molecule has 2 atom stereocenters. The van der Waals surface area contributed by atoms with Crippen LogP contribution in [-0.4, -0.2) is 65.7 Å². The van der Waals surface area contributed by atoms with E-state index in [1.165, 1.54) is 11.1 Å². The highest BCUT2D eigenvalue weighted by Gasteiger charge is 2.39. The number of benzene rings is 5. The maximum Gasteiger partial charge on any atom is 0.258 e. The van der Waals surface area contributed by atoms with Crippen LogP contribution >= 0.6 is 12.6 Å². The summed E-state index contributed by atoms with van der Waals surface area (Å²) in [7, 11) is 1.55. The van der Waals surface area contributed by atoms with Crippen molar-refractivity contribution in [1.82, 2.24) is 5.32 Å². The molecule has 14 heteroatoms. The van der Waals surface area contributed by atoms with E-state index in [4.69, 9.17) is 14.2 Å². The number of ketones is 2. The smallest absolute Gasteiger partial charge is 0.258 e. The third-order valence-corrected chi connectivity index (χ3v) is 14.4. The minimum atomic E-state index is -0.399. The highest BCUT2D eigenvalue weighted by Crippen LogP contribution is 2.42. The van der Waals surface area contributed by atoms with Crippen LogP contribution in [0.5, 0.6) is 17.2 Å². The second kappa shape index (κ2) is 21.4. The Bertz CT molecular complexity index is 2960. The fourth-order valence-corrected chi connectivity index (χ4v) is 10.5. The van der Waals surface area contributed by atoms with Gasteiger partial charge in [-0.25, -0.2) is 0 Å². The first-order chi connectivity index (χ1) is 34.6. The predicted octanol–water partition coefficient (Wildman–Crippen LogP) is 9.44. The lowest BCUT2D eigenvalue weighted by Gasteiger charge is -2.23. The van der Waals surface area contributed by atoms with Gasteiger partial charge in [-0.3, -0.25) is 28.8 Å². The molecule has 0 spiro atoms. The summed E-state index contributed by atoms with van der Waals surface area (Å²) < 4.78 is 18.5. The zero-order chi connectivity index (χ0) is 50.7. The van der Waals surface area contributed by atoms with E-state index in [1.807, 2.05) is 97.3 Å². The molecule has 5 aromatic carbocycles. The summed E-state index contributed by atoms with van der Waals surface area (Å²) in [4.78, 5) is 82.9. The summed E-state index contributed by atoms with van der Waals surface area (Å²) in [6, 6.07) is 29.5. The van der Waals surface area contributed by atoms with Gasteiger partial charge in [-0.05, 0) is 145 Å². The van der Waals surface area contributed by atoms with E-state index in [1.54, 1.807) is 19.2 Å². The van der Waals surface area contributed by atoms with Crippen molar-refractivity contribution in [3.63, 3.8) is 0 Å². The van der Waals surface area contributed by atoms with Crippen molar-refractivity contribution < 1.29 is 43.0 Å². The molecule has 4 aliphatic rings. The summed E-state index contributed by atoms with van der Waals surface area (Å²) in [6.07, 6.45) is 5.48. The number of thiol groups is 1. The van der Waals surface area contributed by atoms with Gasteiger partial charge >= 0.3 is 0 Å². The second-order valence-corrected chi connectivity index (χ2v) is 21.4. The van der Waals surface area contributed by atoms with Crippen LogP contribution < -0.4 is 34.6 Å². The number of carbonyl (C=O) groups is 6. The van der Waals surface area contributed by atoms with Crippen LogP contribution in [0.25, 0.3) is 0 Å². The Hall–Kier alpha value is -6.93. The highest BCUT2D eigenvalue weighted by atomic mass is 32.1. The van der Waals surface area contributed by atoms with E-state index < -0.39 is 11.8 Å². The molecule has 0 unspecified atom stereocenters. The van der Waals surface area contributed by atoms with E-state index in [0.29, 0.717) is 58.9 Å². The average molecular weight is 991 g/mol. The molecule has 0 aromatic heterocycles. The van der Waals surface area contributed by atoms with Gasteiger partial charge < -0.3 is 34.6 Å². The number of para-hydroxylation sites is 2. The number of ether oxygens (including phenoxy) is 3. The molecule has 5 aromatic rings. The summed E-state index contributed by atoms with van der Waals surface area (Å²) in [5.41, 5.74) is 10.1. The van der Waals surface area contributed by atoms with Crippen LogP contribution in [0.3, 0.4) is 0 Å². The number of fused-ring (bicyclic) bond motifs is 8. The van der Waals surface area contributed by atoms with Gasteiger partial charge in [-0.15, -0.1) is 0 Å².